The Morgan fingerprint density at radius 2 is 0.846 bits per heavy atom. The molecule has 0 N–H and O–H groups in total. The fraction of sp³-hybridized carbons (Fsp3) is 0.677. The predicted octanol–water partition coefficient (Wildman–Crippen LogP) is 14.5. The minimum Gasteiger partial charge on any atom is -0.0795 e. The van der Waals surface area contributed by atoms with Gasteiger partial charge in [-0.2, -0.15) is 0 Å². The molecule has 0 spiro atoms. The summed E-state index contributed by atoms with van der Waals surface area (Å²) >= 11 is 0. The maximum atomic E-state index is 2.87. The van der Waals surface area contributed by atoms with Crippen LogP contribution in [-0.4, -0.2) is 21.5 Å². The Kier molecular flexibility index (Phi) is 8.92. The summed E-state index contributed by atoms with van der Waals surface area (Å²) in [6, 6.07) is 26.5. The zero-order chi connectivity index (χ0) is 45.4. The number of fused-ring (bicyclic) bond motifs is 12. The van der Waals surface area contributed by atoms with Crippen LogP contribution in [-0.2, 0) is 0 Å². The van der Waals surface area contributed by atoms with Crippen LogP contribution >= 0.6 is 0 Å². The summed E-state index contributed by atoms with van der Waals surface area (Å²) in [5.41, 5.74) is 8.59. The van der Waals surface area contributed by atoms with Crippen molar-refractivity contribution >= 4 is 64.3 Å². The summed E-state index contributed by atoms with van der Waals surface area (Å²) in [6.45, 7) is 38.4. The van der Waals surface area contributed by atoms with E-state index in [-0.39, 0.29) is 0 Å². The number of rotatable bonds is 6. The van der Waals surface area contributed by atoms with Gasteiger partial charge < -0.3 is 0 Å². The van der Waals surface area contributed by atoms with E-state index in [1.807, 2.05) is 0 Å². The maximum Gasteiger partial charge on any atom is 0.182 e. The molecule has 17 rings (SSSR count). The van der Waals surface area contributed by atoms with Crippen molar-refractivity contribution in [2.24, 2.45) is 92.7 Å². The quantitative estimate of drug-likeness (QED) is 0.134. The van der Waals surface area contributed by atoms with Crippen molar-refractivity contribution in [3.05, 3.63) is 60.7 Å². The molecule has 65 heavy (non-hydrogen) atoms. The smallest absolute Gasteiger partial charge is 0.0795 e. The molecular formula is C62H84B2Si. The lowest BCUT2D eigenvalue weighted by molar-refractivity contribution is -0.107. The minimum absolute atomic E-state index is 0.523. The number of hydrogen-bond donors (Lipinski definition) is 0. The molecule has 0 radical (unpaired) electrons. The monoisotopic (exact) mass is 879 g/mol. The van der Waals surface area contributed by atoms with Crippen LogP contribution in [0.2, 0.25) is 36.4 Å². The van der Waals surface area contributed by atoms with Crippen molar-refractivity contribution in [1.82, 2.24) is 0 Å². The first kappa shape index (κ1) is 42.8. The Morgan fingerprint density at radius 1 is 0.431 bits per heavy atom. The largest absolute Gasteiger partial charge is 0.182 e. The lowest BCUT2D eigenvalue weighted by Crippen LogP contribution is -2.62. The molecule has 12 saturated carbocycles. The van der Waals surface area contributed by atoms with Gasteiger partial charge in [0.05, 0.1) is 0 Å². The summed E-state index contributed by atoms with van der Waals surface area (Å²) < 4.78 is 0. The van der Waals surface area contributed by atoms with Crippen LogP contribution in [0.5, 0.6) is 0 Å². The first-order valence-corrected chi connectivity index (χ1v) is 30.8. The van der Waals surface area contributed by atoms with E-state index in [1.165, 1.54) is 73.1 Å². The Morgan fingerprint density at radius 3 is 1.26 bits per heavy atom. The Labute approximate surface area is 397 Å². The van der Waals surface area contributed by atoms with E-state index >= 15 is 0 Å². The normalized spacial score (nSPS) is 42.1. The van der Waals surface area contributed by atoms with Gasteiger partial charge in [-0.1, -0.05) is 211 Å². The molecule has 0 nitrogen and oxygen atoms in total. The predicted molar refractivity (Wildman–Crippen MR) is 286 cm³/mol. The Balaban J connectivity index is 0.922. The summed E-state index contributed by atoms with van der Waals surface area (Å²) in [7, 11) is -2.06. The fourth-order valence-electron chi connectivity index (χ4n) is 21.1. The third-order valence-electron chi connectivity index (χ3n) is 25.9. The summed E-state index contributed by atoms with van der Waals surface area (Å²) in [5.74, 6) is 13.6. The fourth-order valence-corrected chi connectivity index (χ4v) is 24.2. The van der Waals surface area contributed by atoms with Gasteiger partial charge in [-0.3, -0.25) is 0 Å². The molecule has 0 saturated heterocycles. The first-order valence-electron chi connectivity index (χ1n) is 27.8. The third kappa shape index (κ3) is 5.42. The molecule has 16 unspecified atom stereocenters. The van der Waals surface area contributed by atoms with Gasteiger partial charge in [-0.25, -0.2) is 0 Å². The molecule has 342 valence electrons. The molecule has 4 aromatic carbocycles. The van der Waals surface area contributed by atoms with E-state index in [0.717, 1.165) is 94.3 Å². The van der Waals surface area contributed by atoms with Crippen LogP contribution in [0.15, 0.2) is 60.7 Å². The molecule has 4 aromatic rings. The van der Waals surface area contributed by atoms with Crippen molar-refractivity contribution in [2.75, 3.05) is 0 Å². The van der Waals surface area contributed by atoms with Crippen LogP contribution in [0.4, 0.5) is 0 Å². The van der Waals surface area contributed by atoms with E-state index in [2.05, 4.69) is 157 Å². The molecule has 1 heterocycles. The van der Waals surface area contributed by atoms with Gasteiger partial charge in [0.1, 0.15) is 8.07 Å². The lowest BCUT2D eigenvalue weighted by atomic mass is 9.19. The highest BCUT2D eigenvalue weighted by Crippen LogP contribution is 2.71. The molecule has 13 aliphatic rings. The van der Waals surface area contributed by atoms with Crippen LogP contribution < -0.4 is 21.3 Å². The summed E-state index contributed by atoms with van der Waals surface area (Å²) in [5, 5.41) is 9.52. The Bertz CT molecular complexity index is 2560. The molecule has 12 fully saturated rings. The van der Waals surface area contributed by atoms with E-state index < -0.39 is 8.07 Å². The number of benzene rings is 4. The average Bonchev–Trinajstić information content (AvgIpc) is 3.26. The summed E-state index contributed by atoms with van der Waals surface area (Å²) in [4.78, 5) is 0. The van der Waals surface area contributed by atoms with Gasteiger partial charge >= 0.3 is 0 Å². The molecule has 0 aromatic heterocycles. The van der Waals surface area contributed by atoms with Gasteiger partial charge in [0, 0.05) is 0 Å². The second-order valence-electron chi connectivity index (χ2n) is 29.1. The standard InChI is InChI=1S/C62H84B2Si/c1-33-48-23-38(59(48,5)6)27-52(33)63(53-28-39-24-49(34(53)2)60(39,7)8)42-19-18-37-22-47-44-21-20-43(32-57(44)65(13,14)56-17-15-16-45(58(47)56)46(37)31-42)64(54-29-40-25-50(35(54)3)61(40,9)10)55-30-41-26-51(36(55)4)62(41,11)12/h15-22,31-36,38-41,48-55H,23-30H2,1-14H3. The van der Waals surface area contributed by atoms with Gasteiger partial charge in [-0.05, 0) is 167 Å². The van der Waals surface area contributed by atoms with E-state index in [0.29, 0.717) is 35.1 Å². The highest BCUT2D eigenvalue weighted by Gasteiger charge is 2.64. The molecule has 3 heteroatoms. The van der Waals surface area contributed by atoms with Gasteiger partial charge in [0.25, 0.3) is 0 Å². The number of hydrogen-bond acceptors (Lipinski definition) is 0. The van der Waals surface area contributed by atoms with Gasteiger partial charge in [-0.15, -0.1) is 0 Å². The summed E-state index contributed by atoms with van der Waals surface area (Å²) in [6.07, 6.45) is 11.7. The zero-order valence-corrected chi connectivity index (χ0v) is 44.3. The maximum absolute atomic E-state index is 2.87. The Hall–Kier alpha value is -2.25. The molecule has 12 aliphatic carbocycles. The third-order valence-corrected chi connectivity index (χ3v) is 29.5. The van der Waals surface area contributed by atoms with Crippen molar-refractivity contribution in [1.29, 1.82) is 0 Å². The topological polar surface area (TPSA) is 0 Å². The average molecular weight is 879 g/mol. The van der Waals surface area contributed by atoms with Gasteiger partial charge in [0.2, 0.25) is 0 Å². The van der Waals surface area contributed by atoms with E-state index in [1.54, 1.807) is 32.2 Å². The highest BCUT2D eigenvalue weighted by molar-refractivity contribution is 7.03. The van der Waals surface area contributed by atoms with Crippen molar-refractivity contribution in [2.45, 2.75) is 171 Å². The van der Waals surface area contributed by atoms with Crippen LogP contribution in [0.25, 0.3) is 32.7 Å². The van der Waals surface area contributed by atoms with Gasteiger partial charge in [0.15, 0.2) is 13.4 Å². The second kappa shape index (κ2) is 13.5. The highest BCUT2D eigenvalue weighted by atomic mass is 28.3. The van der Waals surface area contributed by atoms with Crippen molar-refractivity contribution in [3.8, 4) is 11.1 Å². The second-order valence-corrected chi connectivity index (χ2v) is 33.4. The molecular weight excluding hydrogens is 794 g/mol. The molecule has 16 atom stereocenters. The van der Waals surface area contributed by atoms with Crippen molar-refractivity contribution in [3.63, 3.8) is 0 Å². The molecule has 8 bridgehead atoms. The van der Waals surface area contributed by atoms with Crippen LogP contribution in [0.1, 0.15) is 134 Å². The first-order chi connectivity index (χ1) is 30.6. The van der Waals surface area contributed by atoms with E-state index in [9.17, 15) is 0 Å². The van der Waals surface area contributed by atoms with Crippen LogP contribution in [0, 0.1) is 92.7 Å². The molecule has 0 amide bonds. The SMILES string of the molecule is CC1C(B(c2ccc3c(c2)[Si](C)(C)c2cccc4c2c-3cc2ccc(B(C3CC5CC(C3C)C5(C)C)C3CC5CC(C3C)C5(C)C)cc24)C2CC3CC(C2C)C3(C)C)CC2CC1C2(C)C. The van der Waals surface area contributed by atoms with Crippen molar-refractivity contribution < 1.29 is 0 Å². The minimum atomic E-state index is -2.06. The zero-order valence-electron chi connectivity index (χ0n) is 43.3. The molecule has 1 aliphatic heterocycles. The van der Waals surface area contributed by atoms with Crippen LogP contribution in [0.3, 0.4) is 0 Å². The lowest BCUT2D eigenvalue weighted by Gasteiger charge is -2.66. The van der Waals surface area contributed by atoms with E-state index in [4.69, 9.17) is 0 Å².